The van der Waals surface area contributed by atoms with Gasteiger partial charge in [-0.15, -0.1) is 0 Å². The summed E-state index contributed by atoms with van der Waals surface area (Å²) in [6.07, 6.45) is 2.24. The van der Waals surface area contributed by atoms with Crippen molar-refractivity contribution in [1.82, 2.24) is 0 Å². The van der Waals surface area contributed by atoms with Crippen molar-refractivity contribution >= 4 is 7.69 Å². The minimum Gasteiger partial charge on any atom is -0.413 e. The van der Waals surface area contributed by atoms with E-state index >= 15 is 0 Å². The van der Waals surface area contributed by atoms with Crippen molar-refractivity contribution in [3.8, 4) is 0 Å². The minimum absolute atomic E-state index is 0.819. The summed E-state index contributed by atoms with van der Waals surface area (Å²) in [5.41, 5.74) is 0. The molecule has 7 heavy (non-hydrogen) atoms. The van der Waals surface area contributed by atoms with E-state index in [-0.39, 0.29) is 0 Å². The zero-order chi connectivity index (χ0) is 4.95. The third-order valence-corrected chi connectivity index (χ3v) is 0.910. The molecule has 0 atom stereocenters. The summed E-state index contributed by atoms with van der Waals surface area (Å²) in [5, 5.41) is 0. The van der Waals surface area contributed by atoms with Gasteiger partial charge in [-0.2, -0.15) is 0 Å². The molecule has 1 rings (SSSR count). The first-order chi connectivity index (χ1) is 3.50. The summed E-state index contributed by atoms with van der Waals surface area (Å²) >= 11 is 0. The molecule has 1 fully saturated rings. The van der Waals surface area contributed by atoms with Crippen molar-refractivity contribution in [2.75, 3.05) is 13.2 Å². The van der Waals surface area contributed by atoms with Gasteiger partial charge >= 0.3 is 7.69 Å². The van der Waals surface area contributed by atoms with Gasteiger partial charge in [0.1, 0.15) is 0 Å². The van der Waals surface area contributed by atoms with E-state index in [2.05, 4.69) is 0 Å². The molecule has 1 radical (unpaired) electrons. The highest BCUT2D eigenvalue weighted by Gasteiger charge is 1.98. The molecule has 0 amide bonds. The Bertz CT molecular complexity index is 29.3. The van der Waals surface area contributed by atoms with Crippen molar-refractivity contribution in [2.24, 2.45) is 0 Å². The molecule has 0 aromatic rings. The van der Waals surface area contributed by atoms with Gasteiger partial charge in [-0.25, -0.2) is 0 Å². The molecule has 0 saturated carbocycles. The van der Waals surface area contributed by atoms with Gasteiger partial charge < -0.3 is 9.31 Å². The number of hydrogen-bond acceptors (Lipinski definition) is 2. The molecule has 0 unspecified atom stereocenters. The van der Waals surface area contributed by atoms with Crippen LogP contribution < -0.4 is 0 Å². The van der Waals surface area contributed by atoms with Crippen LogP contribution in [0.15, 0.2) is 0 Å². The summed E-state index contributed by atoms with van der Waals surface area (Å²) in [6.45, 7) is 1.64. The summed E-state index contributed by atoms with van der Waals surface area (Å²) in [4.78, 5) is 0. The van der Waals surface area contributed by atoms with Crippen LogP contribution in [0.4, 0.5) is 0 Å². The summed E-state index contributed by atoms with van der Waals surface area (Å²) in [5.74, 6) is 0. The van der Waals surface area contributed by atoms with Crippen LogP contribution in [-0.4, -0.2) is 20.9 Å². The molecule has 0 N–H and O–H groups in total. The maximum absolute atomic E-state index is 4.85. The molecule has 0 aromatic carbocycles. The van der Waals surface area contributed by atoms with E-state index in [9.17, 15) is 0 Å². The fraction of sp³-hybridized carbons (Fsp3) is 1.00. The fourth-order valence-corrected chi connectivity index (χ4v) is 0.515. The average Bonchev–Trinajstić information content (AvgIpc) is 1.90. The van der Waals surface area contributed by atoms with Crippen molar-refractivity contribution in [3.05, 3.63) is 0 Å². The fourth-order valence-electron chi connectivity index (χ4n) is 0.515. The summed E-state index contributed by atoms with van der Waals surface area (Å²) < 4.78 is 9.69. The Hall–Kier alpha value is -0.0151. The maximum Gasteiger partial charge on any atom is 0.487 e. The zero-order valence-electron chi connectivity index (χ0n) is 4.22. The third-order valence-electron chi connectivity index (χ3n) is 0.910. The van der Waals surface area contributed by atoms with Gasteiger partial charge in [0.2, 0.25) is 0 Å². The van der Waals surface area contributed by atoms with Crippen LogP contribution in [0, 0.1) is 0 Å². The Morgan fingerprint density at radius 1 is 1.00 bits per heavy atom. The van der Waals surface area contributed by atoms with E-state index in [1.54, 1.807) is 0 Å². The van der Waals surface area contributed by atoms with Crippen LogP contribution in [0.1, 0.15) is 12.8 Å². The molecule has 2 nitrogen and oxygen atoms in total. The Labute approximate surface area is 44.1 Å². The minimum atomic E-state index is 0.819. The van der Waals surface area contributed by atoms with Gasteiger partial charge in [0.25, 0.3) is 0 Å². The summed E-state index contributed by atoms with van der Waals surface area (Å²) in [6, 6.07) is 0. The SMILES string of the molecule is [B]1OCCCCO1. The van der Waals surface area contributed by atoms with Crippen LogP contribution in [0.5, 0.6) is 0 Å². The van der Waals surface area contributed by atoms with Gasteiger partial charge in [0.15, 0.2) is 0 Å². The van der Waals surface area contributed by atoms with Crippen LogP contribution in [0.3, 0.4) is 0 Å². The lowest BCUT2D eigenvalue weighted by Crippen LogP contribution is -1.99. The maximum atomic E-state index is 4.85. The van der Waals surface area contributed by atoms with Crippen molar-refractivity contribution < 1.29 is 9.31 Å². The molecular formula is C4H8BO2. The monoisotopic (exact) mass is 99.1 g/mol. The van der Waals surface area contributed by atoms with E-state index in [1.807, 2.05) is 0 Å². The molecule has 0 aromatic heterocycles. The van der Waals surface area contributed by atoms with Crippen LogP contribution in [0.2, 0.25) is 0 Å². The summed E-state index contributed by atoms with van der Waals surface area (Å²) in [7, 11) is 1.42. The molecule has 1 aliphatic heterocycles. The first-order valence-electron chi connectivity index (χ1n) is 2.55. The molecule has 0 spiro atoms. The van der Waals surface area contributed by atoms with Gasteiger partial charge in [0.05, 0.1) is 0 Å². The van der Waals surface area contributed by atoms with Gasteiger partial charge in [-0.05, 0) is 12.8 Å². The van der Waals surface area contributed by atoms with Crippen LogP contribution in [-0.2, 0) is 9.31 Å². The van der Waals surface area contributed by atoms with E-state index in [1.165, 1.54) is 7.69 Å². The Morgan fingerprint density at radius 2 is 1.57 bits per heavy atom. The van der Waals surface area contributed by atoms with E-state index in [4.69, 9.17) is 9.31 Å². The highest BCUT2D eigenvalue weighted by Crippen LogP contribution is 1.94. The molecule has 0 bridgehead atoms. The van der Waals surface area contributed by atoms with Gasteiger partial charge in [0, 0.05) is 13.2 Å². The normalized spacial score (nSPS) is 22.9. The topological polar surface area (TPSA) is 18.5 Å². The number of hydrogen-bond donors (Lipinski definition) is 0. The second-order valence-electron chi connectivity index (χ2n) is 1.54. The molecule has 1 heterocycles. The quantitative estimate of drug-likeness (QED) is 0.408. The van der Waals surface area contributed by atoms with Crippen molar-refractivity contribution in [1.29, 1.82) is 0 Å². The first kappa shape index (κ1) is 5.13. The predicted octanol–water partition coefficient (Wildman–Crippen LogP) is 0.348. The first-order valence-corrected chi connectivity index (χ1v) is 2.55. The molecule has 1 saturated heterocycles. The lowest BCUT2D eigenvalue weighted by Gasteiger charge is -1.89. The molecule has 1 aliphatic rings. The van der Waals surface area contributed by atoms with E-state index < -0.39 is 0 Å². The van der Waals surface area contributed by atoms with Crippen molar-refractivity contribution in [2.45, 2.75) is 12.8 Å². The third kappa shape index (κ3) is 1.95. The predicted molar refractivity (Wildman–Crippen MR) is 26.9 cm³/mol. The molecular weight excluding hydrogens is 90.9 g/mol. The molecule has 39 valence electrons. The standard InChI is InChI=1S/C4H8BO2/c1-2-4-7-5-6-3-1/h1-4H2. The second-order valence-corrected chi connectivity index (χ2v) is 1.54. The highest BCUT2D eigenvalue weighted by atomic mass is 16.6. The van der Waals surface area contributed by atoms with Gasteiger partial charge in [-0.3, -0.25) is 0 Å². The van der Waals surface area contributed by atoms with Crippen LogP contribution in [0.25, 0.3) is 0 Å². The lowest BCUT2D eigenvalue weighted by molar-refractivity contribution is 0.263. The molecule has 0 aliphatic carbocycles. The van der Waals surface area contributed by atoms with Gasteiger partial charge in [-0.1, -0.05) is 0 Å². The molecule has 3 heteroatoms. The van der Waals surface area contributed by atoms with Crippen LogP contribution >= 0.6 is 0 Å². The highest BCUT2D eigenvalue weighted by molar-refractivity contribution is 6.17. The second kappa shape index (κ2) is 3.05. The van der Waals surface area contributed by atoms with Crippen molar-refractivity contribution in [3.63, 3.8) is 0 Å². The Balaban J connectivity index is 2.04. The van der Waals surface area contributed by atoms with E-state index in [0.717, 1.165) is 26.1 Å². The zero-order valence-corrected chi connectivity index (χ0v) is 4.22. The lowest BCUT2D eigenvalue weighted by atomic mass is 10.3. The number of rotatable bonds is 0. The van der Waals surface area contributed by atoms with E-state index in [0.29, 0.717) is 0 Å². The smallest absolute Gasteiger partial charge is 0.413 e. The Morgan fingerprint density at radius 3 is 2.14 bits per heavy atom. The largest absolute Gasteiger partial charge is 0.487 e. The average molecular weight is 98.9 g/mol. The Kier molecular flexibility index (Phi) is 2.23.